The Bertz CT molecular complexity index is 803. The lowest BCUT2D eigenvalue weighted by atomic mass is 9.53. The van der Waals surface area contributed by atoms with E-state index in [-0.39, 0.29) is 29.2 Å². The van der Waals surface area contributed by atoms with Gasteiger partial charge < -0.3 is 11.1 Å². The zero-order valence-corrected chi connectivity index (χ0v) is 15.4. The van der Waals surface area contributed by atoms with Crippen molar-refractivity contribution in [1.82, 2.24) is 9.55 Å². The van der Waals surface area contributed by atoms with Crippen LogP contribution in [0.5, 0.6) is 0 Å². The second kappa shape index (κ2) is 6.37. The van der Waals surface area contributed by atoms with Crippen molar-refractivity contribution in [2.45, 2.75) is 64.0 Å². The summed E-state index contributed by atoms with van der Waals surface area (Å²) in [5, 5.41) is 2.17. The van der Waals surface area contributed by atoms with Crippen LogP contribution in [0.2, 0.25) is 0 Å². The molecule has 0 saturated heterocycles. The maximum Gasteiger partial charge on any atom is 0.329 e. The van der Waals surface area contributed by atoms with E-state index in [9.17, 15) is 14.4 Å². The van der Waals surface area contributed by atoms with Crippen LogP contribution in [0.3, 0.4) is 0 Å². The van der Waals surface area contributed by atoms with E-state index < -0.39 is 11.2 Å². The first kappa shape index (κ1) is 17.5. The summed E-state index contributed by atoms with van der Waals surface area (Å²) in [6, 6.07) is 0. The zero-order chi connectivity index (χ0) is 18.5. The number of hydrogen-bond donors (Lipinski definition) is 3. The van der Waals surface area contributed by atoms with Gasteiger partial charge in [0, 0.05) is 25.8 Å². The van der Waals surface area contributed by atoms with Crippen LogP contribution in [-0.4, -0.2) is 27.4 Å². The Balaban J connectivity index is 1.53. The third-order valence-corrected chi connectivity index (χ3v) is 6.77. The van der Waals surface area contributed by atoms with Gasteiger partial charge in [-0.25, -0.2) is 4.79 Å². The van der Waals surface area contributed by atoms with Crippen LogP contribution in [0, 0.1) is 17.8 Å². The molecular formula is C19H29N4O3+. The normalized spacial score (nSPS) is 32.1. The minimum atomic E-state index is -0.663. The maximum absolute atomic E-state index is 12.8. The van der Waals surface area contributed by atoms with E-state index in [1.807, 2.05) is 6.92 Å². The van der Waals surface area contributed by atoms with Crippen molar-refractivity contribution in [2.24, 2.45) is 17.8 Å². The third kappa shape index (κ3) is 2.92. The number of carbonyl (C=O) groups is 1. The predicted octanol–water partition coefficient (Wildman–Crippen LogP) is 0.244. The fourth-order valence-electron chi connectivity index (χ4n) is 6.14. The molecule has 7 heteroatoms. The Morgan fingerprint density at radius 3 is 2.31 bits per heavy atom. The molecule has 26 heavy (non-hydrogen) atoms. The molecule has 4 aliphatic rings. The monoisotopic (exact) mass is 361 g/mol. The van der Waals surface area contributed by atoms with Crippen LogP contribution in [0.1, 0.15) is 62.2 Å². The highest BCUT2D eigenvalue weighted by Crippen LogP contribution is 2.54. The largest absolute Gasteiger partial charge is 0.384 e. The van der Waals surface area contributed by atoms with Crippen molar-refractivity contribution in [3.8, 4) is 0 Å². The topological polar surface area (TPSA) is 115 Å². The third-order valence-electron chi connectivity index (χ3n) is 6.77. The summed E-state index contributed by atoms with van der Waals surface area (Å²) in [6.45, 7) is 2.53. The molecule has 0 aromatic carbocycles. The minimum Gasteiger partial charge on any atom is -0.384 e. The van der Waals surface area contributed by atoms with E-state index in [2.05, 4.69) is 10.3 Å². The Hall–Kier alpha value is -1.89. The second-order valence-electron chi connectivity index (χ2n) is 8.78. The number of Topliss-reactive ketones (excluding diaryl/α,β-unsaturated/α-hetero) is 1. The summed E-state index contributed by atoms with van der Waals surface area (Å²) in [5.74, 6) is 2.17. The summed E-state index contributed by atoms with van der Waals surface area (Å²) in [5.41, 5.74) is 4.92. The molecule has 4 fully saturated rings. The number of aromatic amines is 1. The molecule has 0 atom stereocenters. The van der Waals surface area contributed by atoms with E-state index in [1.54, 1.807) is 0 Å². The van der Waals surface area contributed by atoms with Gasteiger partial charge in [-0.3, -0.25) is 19.1 Å². The summed E-state index contributed by atoms with van der Waals surface area (Å²) >= 11 is 0. The molecule has 142 valence electrons. The molecule has 4 aliphatic carbocycles. The Morgan fingerprint density at radius 1 is 1.19 bits per heavy atom. The number of H-pyrrole nitrogens is 1. The molecule has 4 bridgehead atoms. The molecule has 0 aliphatic heterocycles. The molecule has 5 rings (SSSR count). The molecule has 1 aromatic heterocycles. The van der Waals surface area contributed by atoms with Crippen molar-refractivity contribution >= 4 is 11.6 Å². The number of nitrogens with two attached hydrogens (primary N) is 2. The Kier molecular flexibility index (Phi) is 4.29. The number of nitrogen functional groups attached to an aromatic ring is 1. The standard InChI is InChI=1S/C19H28N4O3/c1-2-3-23-16(20)15(17(25)22-18(23)26)14(24)10-21-19-7-11-4-12(8-19)6-13(5-11)9-19/h11-13,21H,2-10,20H2,1H3,(H,22,25,26)/p+1. The first-order valence-corrected chi connectivity index (χ1v) is 9.91. The number of quaternary nitrogens is 1. The predicted molar refractivity (Wildman–Crippen MR) is 98.1 cm³/mol. The van der Waals surface area contributed by atoms with E-state index in [0.29, 0.717) is 13.0 Å². The first-order chi connectivity index (χ1) is 12.4. The van der Waals surface area contributed by atoms with Crippen molar-refractivity contribution in [2.75, 3.05) is 12.3 Å². The lowest BCUT2D eigenvalue weighted by Crippen LogP contribution is -3.00. The van der Waals surface area contributed by atoms with Crippen LogP contribution >= 0.6 is 0 Å². The molecule has 4 saturated carbocycles. The van der Waals surface area contributed by atoms with Crippen LogP contribution in [0.4, 0.5) is 5.82 Å². The fraction of sp³-hybridized carbons (Fsp3) is 0.737. The number of ketones is 1. The SMILES string of the molecule is CCCn1c(N)c(C(=O)C[NH2+]C23CC4CC(CC(C4)C2)C3)c(=O)[nH]c1=O. The molecule has 0 amide bonds. The van der Waals surface area contributed by atoms with Crippen molar-refractivity contribution in [3.63, 3.8) is 0 Å². The number of aromatic nitrogens is 2. The summed E-state index contributed by atoms with van der Waals surface area (Å²) in [7, 11) is 0. The van der Waals surface area contributed by atoms with Crippen LogP contribution in [-0.2, 0) is 6.54 Å². The van der Waals surface area contributed by atoms with Gasteiger partial charge >= 0.3 is 5.69 Å². The highest BCUT2D eigenvalue weighted by molar-refractivity contribution is 6.00. The maximum atomic E-state index is 12.8. The van der Waals surface area contributed by atoms with Gasteiger partial charge in [-0.2, -0.15) is 0 Å². The van der Waals surface area contributed by atoms with Gasteiger partial charge in [0.25, 0.3) is 5.56 Å². The number of hydrogen-bond acceptors (Lipinski definition) is 4. The summed E-state index contributed by atoms with van der Waals surface area (Å²) in [4.78, 5) is 39.2. The number of anilines is 1. The van der Waals surface area contributed by atoms with Gasteiger partial charge in [-0.15, -0.1) is 0 Å². The quantitative estimate of drug-likeness (QED) is 0.630. The molecular weight excluding hydrogens is 332 g/mol. The minimum absolute atomic E-state index is 0.00418. The van der Waals surface area contributed by atoms with E-state index in [1.165, 1.54) is 43.1 Å². The first-order valence-electron chi connectivity index (χ1n) is 9.91. The molecule has 0 radical (unpaired) electrons. The molecule has 5 N–H and O–H groups in total. The Labute approximate surface area is 152 Å². The number of nitrogens with one attached hydrogen (secondary N) is 1. The highest BCUT2D eigenvalue weighted by Gasteiger charge is 2.53. The van der Waals surface area contributed by atoms with Gasteiger partial charge in [-0.1, -0.05) is 6.92 Å². The molecule has 1 aromatic rings. The van der Waals surface area contributed by atoms with Gasteiger partial charge in [-0.05, 0) is 43.4 Å². The lowest BCUT2D eigenvalue weighted by molar-refractivity contribution is -0.729. The van der Waals surface area contributed by atoms with Crippen LogP contribution < -0.4 is 22.3 Å². The average molecular weight is 361 g/mol. The Morgan fingerprint density at radius 2 is 1.77 bits per heavy atom. The molecule has 7 nitrogen and oxygen atoms in total. The van der Waals surface area contributed by atoms with Crippen LogP contribution in [0.25, 0.3) is 0 Å². The number of nitrogens with zero attached hydrogens (tertiary/aromatic N) is 1. The number of carbonyl (C=O) groups excluding carboxylic acids is 1. The fourth-order valence-corrected chi connectivity index (χ4v) is 6.14. The second-order valence-corrected chi connectivity index (χ2v) is 8.78. The van der Waals surface area contributed by atoms with Gasteiger partial charge in [0.15, 0.2) is 0 Å². The zero-order valence-electron chi connectivity index (χ0n) is 15.4. The van der Waals surface area contributed by atoms with Gasteiger partial charge in [0.05, 0.1) is 5.54 Å². The van der Waals surface area contributed by atoms with Crippen LogP contribution in [0.15, 0.2) is 9.59 Å². The smallest absolute Gasteiger partial charge is 0.329 e. The van der Waals surface area contributed by atoms with Crippen molar-refractivity contribution in [3.05, 3.63) is 26.4 Å². The van der Waals surface area contributed by atoms with E-state index >= 15 is 0 Å². The van der Waals surface area contributed by atoms with E-state index in [4.69, 9.17) is 5.73 Å². The summed E-state index contributed by atoms with van der Waals surface area (Å²) < 4.78 is 1.29. The molecule has 0 spiro atoms. The van der Waals surface area contributed by atoms with Gasteiger partial charge in [0.1, 0.15) is 17.9 Å². The number of rotatable bonds is 6. The lowest BCUT2D eigenvalue weighted by Gasteiger charge is -2.54. The summed E-state index contributed by atoms with van der Waals surface area (Å²) in [6.07, 6.45) is 8.33. The highest BCUT2D eigenvalue weighted by atomic mass is 16.2. The van der Waals surface area contributed by atoms with Crippen molar-refractivity contribution in [1.29, 1.82) is 0 Å². The van der Waals surface area contributed by atoms with Gasteiger partial charge in [0.2, 0.25) is 5.78 Å². The van der Waals surface area contributed by atoms with E-state index in [0.717, 1.165) is 17.8 Å². The van der Waals surface area contributed by atoms with Crippen molar-refractivity contribution < 1.29 is 10.1 Å². The average Bonchev–Trinajstić information content (AvgIpc) is 2.55. The molecule has 0 unspecified atom stereocenters. The molecule has 1 heterocycles.